The van der Waals surface area contributed by atoms with E-state index in [2.05, 4.69) is 125 Å². The maximum Gasteiger partial charge on any atom is 0.210 e. The highest BCUT2D eigenvalue weighted by Crippen LogP contribution is 2.14. The molecule has 0 aliphatic carbocycles. The van der Waals surface area contributed by atoms with Gasteiger partial charge in [0.1, 0.15) is 0 Å². The Labute approximate surface area is 372 Å². The Morgan fingerprint density at radius 3 is 0.517 bits per heavy atom. The first-order chi connectivity index (χ1) is 28.6. The second kappa shape index (κ2) is 40.3. The standard InChI is InChI=1S/2C13H28.2C10H8.2C3H9NO2S/c2*1-3-5-7-9-11-13-12-10-8-6-4-2;2*1-2-6-10-8-4-3-7-9(10)5-1;2*1-4(2)7(3,5)6/h2*3-13H2,1-2H3;2*1-8H;2*1-3H3. The highest BCUT2D eigenvalue weighted by atomic mass is 32.2. The Hall–Kier alpha value is -2.78. The first kappa shape index (κ1) is 59.3. The first-order valence-electron chi connectivity index (χ1n) is 23.3. The summed E-state index contributed by atoms with van der Waals surface area (Å²) in [6.45, 7) is 9.13. The molecular weight excluding hydrogens is 781 g/mol. The van der Waals surface area contributed by atoms with Crippen molar-refractivity contribution in [1.82, 2.24) is 8.61 Å². The van der Waals surface area contributed by atoms with Crippen molar-refractivity contribution in [3.8, 4) is 0 Å². The van der Waals surface area contributed by atoms with Crippen molar-refractivity contribution >= 4 is 41.6 Å². The Kier molecular flexibility index (Phi) is 39.8. The third-order valence-corrected chi connectivity index (χ3v) is 12.7. The third kappa shape index (κ3) is 38.2. The average Bonchev–Trinajstić information content (AvgIpc) is 3.23. The van der Waals surface area contributed by atoms with Crippen molar-refractivity contribution in [1.29, 1.82) is 0 Å². The Morgan fingerprint density at radius 2 is 0.417 bits per heavy atom. The Balaban J connectivity index is 0. The second-order valence-corrected chi connectivity index (χ2v) is 20.5. The molecule has 0 unspecified atom stereocenters. The van der Waals surface area contributed by atoms with Gasteiger partial charge in [0.25, 0.3) is 0 Å². The lowest BCUT2D eigenvalue weighted by atomic mass is 10.1. The molecule has 0 N–H and O–H groups in total. The lowest BCUT2D eigenvalue weighted by molar-refractivity contribution is 0.526. The number of sulfonamides is 2. The third-order valence-electron chi connectivity index (χ3n) is 10.1. The fraction of sp³-hybridized carbons (Fsp3) is 0.615. The summed E-state index contributed by atoms with van der Waals surface area (Å²) in [5.74, 6) is 0. The van der Waals surface area contributed by atoms with Gasteiger partial charge in [0, 0.05) is 28.2 Å². The summed E-state index contributed by atoms with van der Waals surface area (Å²) in [7, 11) is 0.167. The van der Waals surface area contributed by atoms with Gasteiger partial charge in [-0.1, -0.05) is 266 Å². The predicted octanol–water partition coefficient (Wildman–Crippen LogP) is 15.3. The van der Waals surface area contributed by atoms with Crippen LogP contribution in [0.25, 0.3) is 21.5 Å². The summed E-state index contributed by atoms with van der Waals surface area (Å²) in [6.07, 6.45) is 34.2. The summed E-state index contributed by atoms with van der Waals surface area (Å²) in [4.78, 5) is 0. The lowest BCUT2D eigenvalue weighted by Crippen LogP contribution is -2.19. The van der Waals surface area contributed by atoms with Gasteiger partial charge in [0.05, 0.1) is 12.5 Å². The van der Waals surface area contributed by atoms with Gasteiger partial charge >= 0.3 is 0 Å². The largest absolute Gasteiger partial charge is 0.213 e. The highest BCUT2D eigenvalue weighted by molar-refractivity contribution is 7.88. The summed E-state index contributed by atoms with van der Waals surface area (Å²) in [5, 5.41) is 5.24. The summed E-state index contributed by atoms with van der Waals surface area (Å²) < 4.78 is 43.3. The topological polar surface area (TPSA) is 74.8 Å². The van der Waals surface area contributed by atoms with E-state index < -0.39 is 20.0 Å². The zero-order valence-corrected chi connectivity index (χ0v) is 41.8. The minimum atomic E-state index is -2.91. The molecule has 0 radical (unpaired) electrons. The van der Waals surface area contributed by atoms with Crippen LogP contribution in [-0.2, 0) is 20.0 Å². The molecule has 0 amide bonds. The van der Waals surface area contributed by atoms with E-state index in [1.165, 1.54) is 191 Å². The smallest absolute Gasteiger partial charge is 0.210 e. The molecule has 0 saturated heterocycles. The highest BCUT2D eigenvalue weighted by Gasteiger charge is 2.01. The molecule has 4 aromatic rings. The van der Waals surface area contributed by atoms with Gasteiger partial charge in [-0.25, -0.2) is 25.4 Å². The molecule has 0 bridgehead atoms. The zero-order valence-electron chi connectivity index (χ0n) is 40.1. The predicted molar refractivity (Wildman–Crippen MR) is 269 cm³/mol. The molecular formula is C52H90N2O4S2. The van der Waals surface area contributed by atoms with Gasteiger partial charge in [0.2, 0.25) is 20.0 Å². The average molecular weight is 871 g/mol. The number of rotatable bonds is 22. The molecule has 0 fully saturated rings. The first-order valence-corrected chi connectivity index (χ1v) is 27.0. The normalized spacial score (nSPS) is 10.9. The molecule has 344 valence electrons. The van der Waals surface area contributed by atoms with Gasteiger partial charge in [-0.2, -0.15) is 0 Å². The van der Waals surface area contributed by atoms with Gasteiger partial charge in [-0.3, -0.25) is 0 Å². The molecule has 6 nitrogen and oxygen atoms in total. The number of unbranched alkanes of at least 4 members (excludes halogenated alkanes) is 20. The van der Waals surface area contributed by atoms with Crippen molar-refractivity contribution in [3.63, 3.8) is 0 Å². The van der Waals surface area contributed by atoms with Crippen LogP contribution >= 0.6 is 0 Å². The maximum atomic E-state index is 10.3. The minimum Gasteiger partial charge on any atom is -0.213 e. The molecule has 8 heteroatoms. The molecule has 0 spiro atoms. The van der Waals surface area contributed by atoms with Crippen LogP contribution in [0.3, 0.4) is 0 Å². The molecule has 0 atom stereocenters. The van der Waals surface area contributed by atoms with Crippen molar-refractivity contribution in [2.24, 2.45) is 0 Å². The van der Waals surface area contributed by atoms with E-state index in [9.17, 15) is 16.8 Å². The number of hydrogen-bond donors (Lipinski definition) is 0. The SMILES string of the molecule is CCCCCCCCCCCCC.CCCCCCCCCCCCC.CN(C)S(C)(=O)=O.CN(C)S(C)(=O)=O.c1ccc2ccccc2c1.c1ccc2ccccc2c1. The Morgan fingerprint density at radius 1 is 0.300 bits per heavy atom. The van der Waals surface area contributed by atoms with Crippen molar-refractivity contribution in [2.75, 3.05) is 40.7 Å². The van der Waals surface area contributed by atoms with E-state index in [1.54, 1.807) is 0 Å². The van der Waals surface area contributed by atoms with Crippen molar-refractivity contribution in [3.05, 3.63) is 97.1 Å². The van der Waals surface area contributed by atoms with Gasteiger partial charge < -0.3 is 0 Å². The lowest BCUT2D eigenvalue weighted by Gasteiger charge is -2.02. The maximum absolute atomic E-state index is 10.3. The van der Waals surface area contributed by atoms with E-state index in [4.69, 9.17) is 0 Å². The summed E-state index contributed by atoms with van der Waals surface area (Å²) >= 11 is 0. The molecule has 0 aliphatic heterocycles. The van der Waals surface area contributed by atoms with Gasteiger partial charge in [-0.05, 0) is 21.5 Å². The van der Waals surface area contributed by atoms with Crippen LogP contribution in [0.5, 0.6) is 0 Å². The molecule has 60 heavy (non-hydrogen) atoms. The van der Waals surface area contributed by atoms with Crippen LogP contribution in [0.4, 0.5) is 0 Å². The van der Waals surface area contributed by atoms with E-state index in [0.717, 1.165) is 21.1 Å². The molecule has 0 saturated carbocycles. The number of nitrogens with zero attached hydrogens (tertiary/aromatic N) is 2. The van der Waals surface area contributed by atoms with Crippen LogP contribution in [0.2, 0.25) is 0 Å². The minimum absolute atomic E-state index is 1.16. The molecule has 0 heterocycles. The molecule has 0 aliphatic rings. The van der Waals surface area contributed by atoms with Crippen molar-refractivity contribution in [2.45, 2.75) is 169 Å². The molecule has 4 aromatic carbocycles. The number of benzene rings is 4. The monoisotopic (exact) mass is 871 g/mol. The zero-order chi connectivity index (χ0) is 45.3. The van der Waals surface area contributed by atoms with Crippen LogP contribution < -0.4 is 0 Å². The quantitative estimate of drug-likeness (QED) is 0.0737. The number of fused-ring (bicyclic) bond motifs is 2. The number of hydrogen-bond acceptors (Lipinski definition) is 4. The van der Waals surface area contributed by atoms with E-state index in [0.29, 0.717) is 0 Å². The van der Waals surface area contributed by atoms with Gasteiger partial charge in [-0.15, -0.1) is 0 Å². The van der Waals surface area contributed by atoms with Crippen LogP contribution in [0.1, 0.15) is 169 Å². The van der Waals surface area contributed by atoms with E-state index in [-0.39, 0.29) is 0 Å². The van der Waals surface area contributed by atoms with Crippen LogP contribution in [0.15, 0.2) is 97.1 Å². The van der Waals surface area contributed by atoms with E-state index in [1.807, 2.05) is 0 Å². The van der Waals surface area contributed by atoms with Crippen LogP contribution in [-0.4, -0.2) is 66.1 Å². The second-order valence-electron chi connectivity index (χ2n) is 16.1. The molecule has 0 aromatic heterocycles. The van der Waals surface area contributed by atoms with Crippen LogP contribution in [0, 0.1) is 0 Å². The fourth-order valence-corrected chi connectivity index (χ4v) is 5.74. The Bertz CT molecular complexity index is 1460. The van der Waals surface area contributed by atoms with Crippen molar-refractivity contribution < 1.29 is 16.8 Å². The van der Waals surface area contributed by atoms with Gasteiger partial charge in [0.15, 0.2) is 0 Å². The van der Waals surface area contributed by atoms with E-state index >= 15 is 0 Å². The fourth-order valence-electron chi connectivity index (χ4n) is 5.74. The summed E-state index contributed by atoms with van der Waals surface area (Å²) in [6, 6.07) is 33.4. The molecule has 4 rings (SSSR count). The summed E-state index contributed by atoms with van der Waals surface area (Å²) in [5.41, 5.74) is 0.